The average molecular weight is 293 g/mol. The van der Waals surface area contributed by atoms with E-state index in [0.29, 0.717) is 11.4 Å². The van der Waals surface area contributed by atoms with E-state index in [1.54, 1.807) is 0 Å². The Kier molecular flexibility index (Phi) is 4.71. The van der Waals surface area contributed by atoms with Crippen LogP contribution < -0.4 is 0 Å². The van der Waals surface area contributed by atoms with Crippen LogP contribution in [0.2, 0.25) is 5.02 Å². The number of nitrogens with one attached hydrogen (secondary N) is 1. The second-order valence-corrected chi connectivity index (χ2v) is 5.70. The minimum Gasteiger partial charge on any atom is -0.358 e. The highest BCUT2D eigenvalue weighted by Gasteiger charge is 2.15. The molecule has 20 heavy (non-hydrogen) atoms. The maximum absolute atomic E-state index is 12.3. The molecule has 1 amide bonds. The molecule has 0 unspecified atom stereocenters. The number of aryl methyl sites for hydroxylation is 1. The van der Waals surface area contributed by atoms with Crippen molar-refractivity contribution in [3.05, 3.63) is 34.5 Å². The SMILES string of the molecule is CCCCN(C)C(=O)Cc1c(C)[nH]c2ccc(Cl)cc12. The highest BCUT2D eigenvalue weighted by molar-refractivity contribution is 6.31. The largest absolute Gasteiger partial charge is 0.358 e. The van der Waals surface area contributed by atoms with Gasteiger partial charge in [-0.15, -0.1) is 0 Å². The van der Waals surface area contributed by atoms with E-state index in [1.165, 1.54) is 0 Å². The maximum atomic E-state index is 12.3. The molecule has 2 rings (SSSR count). The van der Waals surface area contributed by atoms with Crippen molar-refractivity contribution in [1.29, 1.82) is 0 Å². The first-order chi connectivity index (χ1) is 9.52. The Hall–Kier alpha value is -1.48. The van der Waals surface area contributed by atoms with Crippen molar-refractivity contribution in [2.24, 2.45) is 0 Å². The molecule has 0 aliphatic carbocycles. The number of benzene rings is 1. The van der Waals surface area contributed by atoms with Gasteiger partial charge in [0.2, 0.25) is 5.91 Å². The van der Waals surface area contributed by atoms with Crippen LogP contribution in [-0.2, 0) is 11.2 Å². The van der Waals surface area contributed by atoms with Crippen LogP contribution in [0.4, 0.5) is 0 Å². The Morgan fingerprint density at radius 3 is 2.85 bits per heavy atom. The number of likely N-dealkylation sites (N-methyl/N-ethyl adjacent to an activating group) is 1. The predicted octanol–water partition coefficient (Wildman–Crippen LogP) is 3.93. The highest BCUT2D eigenvalue weighted by Crippen LogP contribution is 2.26. The van der Waals surface area contributed by atoms with Gasteiger partial charge in [-0.1, -0.05) is 24.9 Å². The number of aromatic nitrogens is 1. The summed E-state index contributed by atoms with van der Waals surface area (Å²) in [5.74, 6) is 0.155. The summed E-state index contributed by atoms with van der Waals surface area (Å²) in [5.41, 5.74) is 3.13. The fraction of sp³-hybridized carbons (Fsp3) is 0.438. The zero-order valence-electron chi connectivity index (χ0n) is 12.3. The van der Waals surface area contributed by atoms with E-state index >= 15 is 0 Å². The van der Waals surface area contributed by atoms with E-state index in [1.807, 2.05) is 37.1 Å². The van der Waals surface area contributed by atoms with Gasteiger partial charge >= 0.3 is 0 Å². The molecule has 2 aromatic rings. The number of rotatable bonds is 5. The Morgan fingerprint density at radius 2 is 2.15 bits per heavy atom. The van der Waals surface area contributed by atoms with Crippen LogP contribution in [0.1, 0.15) is 31.0 Å². The lowest BCUT2D eigenvalue weighted by Gasteiger charge is -2.16. The second kappa shape index (κ2) is 6.31. The molecule has 4 heteroatoms. The van der Waals surface area contributed by atoms with E-state index in [0.717, 1.165) is 41.5 Å². The molecule has 108 valence electrons. The van der Waals surface area contributed by atoms with Crippen LogP contribution in [0.25, 0.3) is 10.9 Å². The van der Waals surface area contributed by atoms with Crippen molar-refractivity contribution in [1.82, 2.24) is 9.88 Å². The second-order valence-electron chi connectivity index (χ2n) is 5.26. The first-order valence-electron chi connectivity index (χ1n) is 7.03. The molecule has 1 aromatic carbocycles. The summed E-state index contributed by atoms with van der Waals surface area (Å²) in [5, 5.41) is 1.75. The molecule has 1 heterocycles. The summed E-state index contributed by atoms with van der Waals surface area (Å²) in [6, 6.07) is 5.74. The van der Waals surface area contributed by atoms with Crippen molar-refractivity contribution in [2.75, 3.05) is 13.6 Å². The Bertz CT molecular complexity index is 618. The Labute approximate surface area is 124 Å². The molecule has 3 nitrogen and oxygen atoms in total. The lowest BCUT2D eigenvalue weighted by Crippen LogP contribution is -2.29. The number of amides is 1. The average Bonchev–Trinajstić information content (AvgIpc) is 2.72. The third-order valence-corrected chi connectivity index (χ3v) is 3.92. The molecule has 0 spiro atoms. The fourth-order valence-electron chi connectivity index (χ4n) is 2.39. The quantitative estimate of drug-likeness (QED) is 0.890. The lowest BCUT2D eigenvalue weighted by molar-refractivity contribution is -0.129. The van der Waals surface area contributed by atoms with Gasteiger partial charge in [0.05, 0.1) is 6.42 Å². The van der Waals surface area contributed by atoms with E-state index in [2.05, 4.69) is 11.9 Å². The van der Waals surface area contributed by atoms with Crippen LogP contribution in [0.3, 0.4) is 0 Å². The maximum Gasteiger partial charge on any atom is 0.226 e. The fourth-order valence-corrected chi connectivity index (χ4v) is 2.56. The summed E-state index contributed by atoms with van der Waals surface area (Å²) < 4.78 is 0. The first-order valence-corrected chi connectivity index (χ1v) is 7.41. The topological polar surface area (TPSA) is 36.1 Å². The van der Waals surface area contributed by atoms with Gasteiger partial charge in [0.1, 0.15) is 0 Å². The lowest BCUT2D eigenvalue weighted by atomic mass is 10.1. The van der Waals surface area contributed by atoms with Crippen LogP contribution in [0.15, 0.2) is 18.2 Å². The molecular weight excluding hydrogens is 272 g/mol. The van der Waals surface area contributed by atoms with Crippen LogP contribution >= 0.6 is 11.6 Å². The van der Waals surface area contributed by atoms with Gasteiger partial charge in [0.25, 0.3) is 0 Å². The van der Waals surface area contributed by atoms with Crippen molar-refractivity contribution in [3.63, 3.8) is 0 Å². The number of hydrogen-bond donors (Lipinski definition) is 1. The number of aromatic amines is 1. The van der Waals surface area contributed by atoms with Gasteiger partial charge < -0.3 is 9.88 Å². The molecule has 0 bridgehead atoms. The van der Waals surface area contributed by atoms with E-state index in [9.17, 15) is 4.79 Å². The van der Waals surface area contributed by atoms with Crippen LogP contribution in [0.5, 0.6) is 0 Å². The van der Waals surface area contributed by atoms with Gasteiger partial charge in [-0.25, -0.2) is 0 Å². The van der Waals surface area contributed by atoms with Gasteiger partial charge in [0, 0.05) is 35.2 Å². The Morgan fingerprint density at radius 1 is 1.40 bits per heavy atom. The van der Waals surface area contributed by atoms with Gasteiger partial charge in [-0.3, -0.25) is 4.79 Å². The summed E-state index contributed by atoms with van der Waals surface area (Å²) in [7, 11) is 1.87. The number of fused-ring (bicyclic) bond motifs is 1. The standard InChI is InChI=1S/C16H21ClN2O/c1-4-5-8-19(3)16(20)10-13-11(2)18-15-7-6-12(17)9-14(13)15/h6-7,9,18H,4-5,8,10H2,1-3H3. The number of hydrogen-bond acceptors (Lipinski definition) is 1. The zero-order valence-corrected chi connectivity index (χ0v) is 13.0. The van der Waals surface area contributed by atoms with Crippen molar-refractivity contribution < 1.29 is 4.79 Å². The summed E-state index contributed by atoms with van der Waals surface area (Å²) in [6.07, 6.45) is 2.56. The van der Waals surface area contributed by atoms with Crippen molar-refractivity contribution in [3.8, 4) is 0 Å². The molecule has 0 atom stereocenters. The number of halogens is 1. The Balaban J connectivity index is 2.22. The molecule has 0 radical (unpaired) electrons. The molecule has 1 N–H and O–H groups in total. The zero-order chi connectivity index (χ0) is 14.7. The summed E-state index contributed by atoms with van der Waals surface area (Å²) in [4.78, 5) is 17.4. The number of carbonyl (C=O) groups excluding carboxylic acids is 1. The van der Waals surface area contributed by atoms with E-state index in [4.69, 9.17) is 11.6 Å². The minimum absolute atomic E-state index is 0.155. The normalized spacial score (nSPS) is 11.0. The molecule has 0 saturated carbocycles. The smallest absolute Gasteiger partial charge is 0.226 e. The third-order valence-electron chi connectivity index (χ3n) is 3.68. The molecule has 0 fully saturated rings. The molecule has 0 aliphatic heterocycles. The molecule has 0 saturated heterocycles. The monoisotopic (exact) mass is 292 g/mol. The minimum atomic E-state index is 0.155. The number of H-pyrrole nitrogens is 1. The van der Waals surface area contributed by atoms with E-state index < -0.39 is 0 Å². The van der Waals surface area contributed by atoms with E-state index in [-0.39, 0.29) is 5.91 Å². The van der Waals surface area contributed by atoms with Gasteiger partial charge in [-0.2, -0.15) is 0 Å². The van der Waals surface area contributed by atoms with Gasteiger partial charge in [-0.05, 0) is 37.1 Å². The molecular formula is C16H21ClN2O. The summed E-state index contributed by atoms with van der Waals surface area (Å²) >= 11 is 6.06. The number of unbranched alkanes of at least 4 members (excludes halogenated alkanes) is 1. The highest BCUT2D eigenvalue weighted by atomic mass is 35.5. The predicted molar refractivity (Wildman–Crippen MR) is 84.3 cm³/mol. The van der Waals surface area contributed by atoms with Crippen LogP contribution in [-0.4, -0.2) is 29.4 Å². The summed E-state index contributed by atoms with van der Waals surface area (Å²) in [6.45, 7) is 4.95. The number of nitrogens with zero attached hydrogens (tertiary/aromatic N) is 1. The van der Waals surface area contributed by atoms with Crippen molar-refractivity contribution >= 4 is 28.4 Å². The molecule has 1 aromatic heterocycles. The van der Waals surface area contributed by atoms with Crippen molar-refractivity contribution in [2.45, 2.75) is 33.1 Å². The number of carbonyl (C=O) groups is 1. The van der Waals surface area contributed by atoms with Crippen LogP contribution in [0, 0.1) is 6.92 Å². The van der Waals surface area contributed by atoms with Gasteiger partial charge in [0.15, 0.2) is 0 Å². The first kappa shape index (κ1) is 14.9. The third kappa shape index (κ3) is 3.15. The molecule has 0 aliphatic rings.